The highest BCUT2D eigenvalue weighted by Crippen LogP contribution is 2.22. The van der Waals surface area contributed by atoms with Gasteiger partial charge in [-0.2, -0.15) is 0 Å². The smallest absolute Gasteiger partial charge is 0.329 e. The van der Waals surface area contributed by atoms with Gasteiger partial charge in [-0.1, -0.05) is 25.5 Å². The summed E-state index contributed by atoms with van der Waals surface area (Å²) in [6, 6.07) is 5.03. The molecule has 1 rings (SSSR count). The first-order valence-electron chi connectivity index (χ1n) is 5.63. The van der Waals surface area contributed by atoms with Gasteiger partial charge in [-0.3, -0.25) is 0 Å². The van der Waals surface area contributed by atoms with Crippen molar-refractivity contribution >= 4 is 15.8 Å². The molecule has 98 valence electrons. The number of carbonyl (C=O) groups is 1. The van der Waals surface area contributed by atoms with Crippen molar-refractivity contribution < 1.29 is 18.3 Å². The van der Waals surface area contributed by atoms with E-state index < -0.39 is 15.8 Å². The van der Waals surface area contributed by atoms with Crippen molar-refractivity contribution in [2.75, 3.05) is 0 Å². The van der Waals surface area contributed by atoms with Crippen molar-refractivity contribution in [3.63, 3.8) is 0 Å². The van der Waals surface area contributed by atoms with Crippen LogP contribution in [0.1, 0.15) is 24.5 Å². The molecule has 0 aliphatic heterocycles. The van der Waals surface area contributed by atoms with Crippen LogP contribution >= 0.6 is 0 Å². The van der Waals surface area contributed by atoms with Crippen molar-refractivity contribution in [2.45, 2.75) is 31.6 Å². The molecule has 0 aromatic heterocycles. The third-order valence-electron chi connectivity index (χ3n) is 2.56. The summed E-state index contributed by atoms with van der Waals surface area (Å²) in [4.78, 5) is 10.6. The molecule has 0 fully saturated rings. The number of aryl methyl sites for hydroxylation is 1. The van der Waals surface area contributed by atoms with E-state index in [0.717, 1.165) is 23.0 Å². The monoisotopic (exact) mass is 268 g/mol. The highest BCUT2D eigenvalue weighted by molar-refractivity contribution is 7.94. The zero-order valence-electron chi connectivity index (χ0n) is 10.4. The summed E-state index contributed by atoms with van der Waals surface area (Å²) in [6.07, 6.45) is 2.13. The molecule has 0 saturated heterocycles. The van der Waals surface area contributed by atoms with Crippen LogP contribution in [0, 0.1) is 6.92 Å². The minimum absolute atomic E-state index is 0.196. The Bertz CT molecular complexity index is 571. The molecule has 0 aliphatic rings. The minimum Gasteiger partial charge on any atom is -0.478 e. The molecule has 4 nitrogen and oxygen atoms in total. The van der Waals surface area contributed by atoms with E-state index >= 15 is 0 Å². The van der Waals surface area contributed by atoms with Gasteiger partial charge in [0.15, 0.2) is 9.84 Å². The molecule has 0 aliphatic carbocycles. The highest BCUT2D eigenvalue weighted by Gasteiger charge is 2.16. The number of carboxylic acids is 1. The van der Waals surface area contributed by atoms with Crippen molar-refractivity contribution in [1.82, 2.24) is 0 Å². The molecule has 0 bridgehead atoms. The van der Waals surface area contributed by atoms with Crippen LogP contribution in [0.5, 0.6) is 0 Å². The van der Waals surface area contributed by atoms with Crippen LogP contribution in [-0.2, 0) is 21.1 Å². The lowest BCUT2D eigenvalue weighted by Crippen LogP contribution is -2.04. The minimum atomic E-state index is -3.69. The summed E-state index contributed by atoms with van der Waals surface area (Å²) >= 11 is 0. The molecule has 0 radical (unpaired) electrons. The fourth-order valence-electron chi connectivity index (χ4n) is 1.73. The van der Waals surface area contributed by atoms with Crippen molar-refractivity contribution in [2.24, 2.45) is 0 Å². The Labute approximate surface area is 107 Å². The molecule has 1 aromatic rings. The first kappa shape index (κ1) is 14.4. The number of aliphatic carboxylic acids is 1. The molecule has 18 heavy (non-hydrogen) atoms. The van der Waals surface area contributed by atoms with Crippen molar-refractivity contribution in [3.05, 3.63) is 40.8 Å². The quantitative estimate of drug-likeness (QED) is 0.832. The molecule has 0 saturated carbocycles. The topological polar surface area (TPSA) is 71.4 Å². The molecule has 0 unspecified atom stereocenters. The summed E-state index contributed by atoms with van der Waals surface area (Å²) in [7, 11) is -3.69. The van der Waals surface area contributed by atoms with Crippen LogP contribution in [0.15, 0.2) is 34.6 Å². The third-order valence-corrected chi connectivity index (χ3v) is 4.05. The summed E-state index contributed by atoms with van der Waals surface area (Å²) in [5, 5.41) is 9.24. The molecular formula is C13H16O4S. The van der Waals surface area contributed by atoms with E-state index in [2.05, 4.69) is 0 Å². The maximum Gasteiger partial charge on any atom is 0.329 e. The molecule has 0 amide bonds. The normalized spacial score (nSPS) is 11.9. The van der Waals surface area contributed by atoms with E-state index in [1.165, 1.54) is 6.07 Å². The number of hydrogen-bond donors (Lipinski definition) is 1. The van der Waals surface area contributed by atoms with Gasteiger partial charge in [-0.05, 0) is 30.5 Å². The second kappa shape index (κ2) is 5.82. The fourth-order valence-corrected chi connectivity index (χ4v) is 3.05. The third kappa shape index (κ3) is 3.43. The Morgan fingerprint density at radius 1 is 1.39 bits per heavy atom. The maximum atomic E-state index is 12.0. The van der Waals surface area contributed by atoms with Gasteiger partial charge in [0.1, 0.15) is 0 Å². The first-order valence-corrected chi connectivity index (χ1v) is 7.17. The van der Waals surface area contributed by atoms with E-state index in [1.807, 2.05) is 19.9 Å². The van der Waals surface area contributed by atoms with Crippen LogP contribution in [0.3, 0.4) is 0 Å². The predicted molar refractivity (Wildman–Crippen MR) is 69.1 cm³/mol. The largest absolute Gasteiger partial charge is 0.478 e. The molecule has 0 spiro atoms. The lowest BCUT2D eigenvalue weighted by atomic mass is 10.0. The molecule has 5 heteroatoms. The van der Waals surface area contributed by atoms with Crippen molar-refractivity contribution in [3.8, 4) is 0 Å². The number of carboxylic acid groups (broad SMARTS) is 1. The van der Waals surface area contributed by atoms with Gasteiger partial charge in [0.05, 0.1) is 4.90 Å². The van der Waals surface area contributed by atoms with Gasteiger partial charge in [0.2, 0.25) is 0 Å². The van der Waals surface area contributed by atoms with Crippen molar-refractivity contribution in [1.29, 1.82) is 0 Å². The van der Waals surface area contributed by atoms with Crippen LogP contribution < -0.4 is 0 Å². The zero-order chi connectivity index (χ0) is 13.8. The zero-order valence-corrected chi connectivity index (χ0v) is 11.2. The first-order chi connectivity index (χ1) is 8.38. The lowest BCUT2D eigenvalue weighted by Gasteiger charge is -2.10. The van der Waals surface area contributed by atoms with E-state index in [9.17, 15) is 13.2 Å². The van der Waals surface area contributed by atoms with Gasteiger partial charge in [0.25, 0.3) is 0 Å². The van der Waals surface area contributed by atoms with Crippen LogP contribution in [0.2, 0.25) is 0 Å². The fraction of sp³-hybridized carbons (Fsp3) is 0.308. The molecule has 1 N–H and O–H groups in total. The number of rotatable bonds is 5. The molecule has 1 aromatic carbocycles. The van der Waals surface area contributed by atoms with Gasteiger partial charge in [-0.15, -0.1) is 0 Å². The van der Waals surface area contributed by atoms with E-state index in [0.29, 0.717) is 12.5 Å². The number of benzene rings is 1. The Morgan fingerprint density at radius 2 is 2.06 bits per heavy atom. The summed E-state index contributed by atoms with van der Waals surface area (Å²) in [5.41, 5.74) is 1.66. The molecular weight excluding hydrogens is 252 g/mol. The number of hydrogen-bond acceptors (Lipinski definition) is 3. The maximum absolute atomic E-state index is 12.0. The van der Waals surface area contributed by atoms with Gasteiger partial charge < -0.3 is 5.11 Å². The lowest BCUT2D eigenvalue weighted by molar-refractivity contribution is -0.131. The Morgan fingerprint density at radius 3 is 2.61 bits per heavy atom. The van der Waals surface area contributed by atoms with Gasteiger partial charge in [0, 0.05) is 11.5 Å². The van der Waals surface area contributed by atoms with E-state index in [-0.39, 0.29) is 4.90 Å². The molecule has 0 atom stereocenters. The Kier molecular flexibility index (Phi) is 4.67. The molecule has 0 heterocycles. The summed E-state index contributed by atoms with van der Waals surface area (Å²) < 4.78 is 24.1. The van der Waals surface area contributed by atoms with E-state index in [1.54, 1.807) is 6.07 Å². The highest BCUT2D eigenvalue weighted by atomic mass is 32.2. The standard InChI is InChI=1S/C13H16O4S/c1-3-5-11-10(2)6-4-7-12(11)18(16,17)9-8-13(14)15/h4,6-9H,3,5H2,1-2H3,(H,14,15)/b9-8+. The number of sulfone groups is 1. The Hall–Kier alpha value is -1.62. The predicted octanol–water partition coefficient (Wildman–Crippen LogP) is 2.32. The SMILES string of the molecule is CCCc1c(C)cccc1S(=O)(=O)/C=C/C(=O)O. The second-order valence-electron chi connectivity index (χ2n) is 3.99. The van der Waals surface area contributed by atoms with E-state index in [4.69, 9.17) is 5.11 Å². The van der Waals surface area contributed by atoms with Gasteiger partial charge in [-0.25, -0.2) is 13.2 Å². The summed E-state index contributed by atoms with van der Waals surface area (Å²) in [6.45, 7) is 3.82. The second-order valence-corrected chi connectivity index (χ2v) is 5.79. The average molecular weight is 268 g/mol. The van der Waals surface area contributed by atoms with Crippen LogP contribution in [-0.4, -0.2) is 19.5 Å². The average Bonchev–Trinajstić information content (AvgIpc) is 2.29. The van der Waals surface area contributed by atoms with Crippen LogP contribution in [0.25, 0.3) is 0 Å². The summed E-state index contributed by atoms with van der Waals surface area (Å²) in [5.74, 6) is -1.27. The Balaban J connectivity index is 3.32. The van der Waals surface area contributed by atoms with Gasteiger partial charge >= 0.3 is 5.97 Å². The van der Waals surface area contributed by atoms with Crippen LogP contribution in [0.4, 0.5) is 0 Å².